The molecule has 0 amide bonds. The lowest BCUT2D eigenvalue weighted by molar-refractivity contribution is 0.585. The molecule has 2 nitrogen and oxygen atoms in total. The van der Waals surface area contributed by atoms with Crippen LogP contribution in [0.15, 0.2) is 84.9 Å². The van der Waals surface area contributed by atoms with Crippen molar-refractivity contribution < 1.29 is 0 Å². The second kappa shape index (κ2) is 7.45. The Bertz CT molecular complexity index is 879. The first-order valence-electron chi connectivity index (χ1n) is 9.21. The van der Waals surface area contributed by atoms with Gasteiger partial charge >= 0.3 is 0 Å². The molecule has 0 bridgehead atoms. The number of anilines is 1. The van der Waals surface area contributed by atoms with Gasteiger partial charge in [-0.05, 0) is 48.2 Å². The number of nitriles is 1. The van der Waals surface area contributed by atoms with Crippen molar-refractivity contribution in [2.24, 2.45) is 0 Å². The van der Waals surface area contributed by atoms with E-state index in [1.165, 1.54) is 16.8 Å². The van der Waals surface area contributed by atoms with Crippen LogP contribution in [0.1, 0.15) is 29.0 Å². The molecule has 2 atom stereocenters. The van der Waals surface area contributed by atoms with E-state index in [0.717, 1.165) is 19.4 Å². The molecule has 0 aliphatic carbocycles. The Hall–Kier alpha value is -3.05. The smallest absolute Gasteiger partial charge is 0.0991 e. The predicted octanol–water partition coefficient (Wildman–Crippen LogP) is 5.16. The Labute approximate surface area is 155 Å². The van der Waals surface area contributed by atoms with E-state index in [4.69, 9.17) is 5.26 Å². The molecule has 1 aliphatic heterocycles. The van der Waals surface area contributed by atoms with Gasteiger partial charge in [0.25, 0.3) is 0 Å². The quantitative estimate of drug-likeness (QED) is 0.657. The Morgan fingerprint density at radius 3 is 2.15 bits per heavy atom. The summed E-state index contributed by atoms with van der Waals surface area (Å²) in [5.41, 5.74) is 4.72. The molecule has 0 aromatic heterocycles. The molecule has 3 aromatic rings. The zero-order chi connectivity index (χ0) is 17.8. The van der Waals surface area contributed by atoms with Crippen LogP contribution in [0.3, 0.4) is 0 Å². The lowest BCUT2D eigenvalue weighted by atomic mass is 9.88. The maximum absolute atomic E-state index is 9.07. The molecular weight excluding hydrogens is 316 g/mol. The fourth-order valence-electron chi connectivity index (χ4n) is 4.10. The summed E-state index contributed by atoms with van der Waals surface area (Å²) in [5.74, 6) is 0.520. The van der Waals surface area contributed by atoms with Gasteiger partial charge in [-0.25, -0.2) is 0 Å². The average Bonchev–Trinajstić information content (AvgIpc) is 3.13. The average molecular weight is 338 g/mol. The second-order valence-electron chi connectivity index (χ2n) is 6.91. The van der Waals surface area contributed by atoms with Gasteiger partial charge in [0, 0.05) is 24.2 Å². The van der Waals surface area contributed by atoms with Crippen molar-refractivity contribution in [3.8, 4) is 6.07 Å². The van der Waals surface area contributed by atoms with E-state index in [2.05, 4.69) is 83.8 Å². The monoisotopic (exact) mass is 338 g/mol. The minimum Gasteiger partial charge on any atom is -0.368 e. The summed E-state index contributed by atoms with van der Waals surface area (Å²) in [6.07, 6.45) is 2.18. The second-order valence-corrected chi connectivity index (χ2v) is 6.91. The first-order chi connectivity index (χ1) is 12.8. The summed E-state index contributed by atoms with van der Waals surface area (Å²) in [6, 6.07) is 32.3. The standard InChI is InChI=1S/C24H22N2/c25-18-20-11-13-22(14-12-20)26-16-15-23(21-9-5-2-6-10-21)24(26)17-19-7-3-1-4-8-19/h1-14,23-24H,15-17H2. The molecule has 1 fully saturated rings. The first kappa shape index (κ1) is 16.4. The Balaban J connectivity index is 1.67. The topological polar surface area (TPSA) is 27.0 Å². The van der Waals surface area contributed by atoms with Crippen molar-refractivity contribution in [2.45, 2.75) is 24.8 Å². The first-order valence-corrected chi connectivity index (χ1v) is 9.21. The molecule has 128 valence electrons. The minimum atomic E-state index is 0.424. The molecule has 0 N–H and O–H groups in total. The molecule has 1 aliphatic rings. The lowest BCUT2D eigenvalue weighted by Gasteiger charge is -2.30. The van der Waals surface area contributed by atoms with E-state index < -0.39 is 0 Å². The number of hydrogen-bond donors (Lipinski definition) is 0. The molecule has 1 heterocycles. The molecular formula is C24H22N2. The molecule has 4 rings (SSSR count). The van der Waals surface area contributed by atoms with Gasteiger partial charge < -0.3 is 4.90 Å². The lowest BCUT2D eigenvalue weighted by Crippen LogP contribution is -2.34. The highest BCUT2D eigenvalue weighted by Gasteiger charge is 2.35. The molecule has 2 heteroatoms. The van der Waals surface area contributed by atoms with Gasteiger partial charge in [0.1, 0.15) is 0 Å². The van der Waals surface area contributed by atoms with Crippen LogP contribution in [0.2, 0.25) is 0 Å². The van der Waals surface area contributed by atoms with Gasteiger partial charge in [0.2, 0.25) is 0 Å². The predicted molar refractivity (Wildman–Crippen MR) is 106 cm³/mol. The maximum atomic E-state index is 9.07. The van der Waals surface area contributed by atoms with E-state index >= 15 is 0 Å². The van der Waals surface area contributed by atoms with Gasteiger partial charge in [-0.3, -0.25) is 0 Å². The van der Waals surface area contributed by atoms with Crippen molar-refractivity contribution in [2.75, 3.05) is 11.4 Å². The molecule has 26 heavy (non-hydrogen) atoms. The summed E-state index contributed by atoms with van der Waals surface area (Å²) < 4.78 is 0. The molecule has 0 spiro atoms. The normalized spacial score (nSPS) is 19.3. The van der Waals surface area contributed by atoms with Crippen LogP contribution in [-0.4, -0.2) is 12.6 Å². The number of hydrogen-bond acceptors (Lipinski definition) is 2. The van der Waals surface area contributed by atoms with Crippen LogP contribution >= 0.6 is 0 Å². The van der Waals surface area contributed by atoms with E-state index in [9.17, 15) is 0 Å². The van der Waals surface area contributed by atoms with Crippen molar-refractivity contribution >= 4 is 5.69 Å². The van der Waals surface area contributed by atoms with Gasteiger partial charge in [-0.2, -0.15) is 5.26 Å². The third-order valence-electron chi connectivity index (χ3n) is 5.39. The number of benzene rings is 3. The van der Waals surface area contributed by atoms with E-state index in [1.807, 2.05) is 12.1 Å². The van der Waals surface area contributed by atoms with E-state index in [-0.39, 0.29) is 0 Å². The highest BCUT2D eigenvalue weighted by molar-refractivity contribution is 5.53. The molecule has 0 radical (unpaired) electrons. The minimum absolute atomic E-state index is 0.424. The zero-order valence-corrected chi connectivity index (χ0v) is 14.8. The van der Waals surface area contributed by atoms with Crippen molar-refractivity contribution in [1.29, 1.82) is 5.26 Å². The summed E-state index contributed by atoms with van der Waals surface area (Å²) in [7, 11) is 0. The van der Waals surface area contributed by atoms with Crippen LogP contribution in [0.25, 0.3) is 0 Å². The van der Waals surface area contributed by atoms with Crippen LogP contribution in [0.5, 0.6) is 0 Å². The number of rotatable bonds is 4. The summed E-state index contributed by atoms with van der Waals surface area (Å²) in [6.45, 7) is 1.04. The summed E-state index contributed by atoms with van der Waals surface area (Å²) >= 11 is 0. The highest BCUT2D eigenvalue weighted by Crippen LogP contribution is 2.38. The van der Waals surface area contributed by atoms with Crippen LogP contribution in [0.4, 0.5) is 5.69 Å². The van der Waals surface area contributed by atoms with Crippen LogP contribution in [-0.2, 0) is 6.42 Å². The largest absolute Gasteiger partial charge is 0.368 e. The van der Waals surface area contributed by atoms with Crippen molar-refractivity contribution in [1.82, 2.24) is 0 Å². The third kappa shape index (κ3) is 3.34. The molecule has 0 saturated carbocycles. The fraction of sp³-hybridized carbons (Fsp3) is 0.208. The third-order valence-corrected chi connectivity index (χ3v) is 5.39. The van der Waals surface area contributed by atoms with Crippen LogP contribution in [0, 0.1) is 11.3 Å². The fourth-order valence-corrected chi connectivity index (χ4v) is 4.10. The van der Waals surface area contributed by atoms with Crippen molar-refractivity contribution in [3.63, 3.8) is 0 Å². The van der Waals surface area contributed by atoms with Crippen LogP contribution < -0.4 is 4.90 Å². The SMILES string of the molecule is N#Cc1ccc(N2CCC(c3ccccc3)C2Cc2ccccc2)cc1. The van der Waals surface area contributed by atoms with Gasteiger partial charge in [0.15, 0.2) is 0 Å². The van der Waals surface area contributed by atoms with E-state index in [0.29, 0.717) is 17.5 Å². The van der Waals surface area contributed by atoms with Gasteiger partial charge in [-0.15, -0.1) is 0 Å². The summed E-state index contributed by atoms with van der Waals surface area (Å²) in [5, 5.41) is 9.07. The number of nitrogens with zero attached hydrogens (tertiary/aromatic N) is 2. The van der Waals surface area contributed by atoms with E-state index in [1.54, 1.807) is 0 Å². The zero-order valence-electron chi connectivity index (χ0n) is 14.8. The molecule has 1 saturated heterocycles. The van der Waals surface area contributed by atoms with Gasteiger partial charge in [0.05, 0.1) is 11.6 Å². The summed E-state index contributed by atoms with van der Waals surface area (Å²) in [4.78, 5) is 2.52. The Kier molecular flexibility index (Phi) is 4.71. The van der Waals surface area contributed by atoms with Crippen molar-refractivity contribution in [3.05, 3.63) is 102 Å². The molecule has 3 aromatic carbocycles. The molecule has 2 unspecified atom stereocenters. The highest BCUT2D eigenvalue weighted by atomic mass is 15.2. The van der Waals surface area contributed by atoms with Gasteiger partial charge in [-0.1, -0.05) is 60.7 Å². The Morgan fingerprint density at radius 2 is 1.50 bits per heavy atom. The maximum Gasteiger partial charge on any atom is 0.0991 e. The Morgan fingerprint density at radius 1 is 0.846 bits per heavy atom.